The summed E-state index contributed by atoms with van der Waals surface area (Å²) in [6, 6.07) is 19.1. The summed E-state index contributed by atoms with van der Waals surface area (Å²) in [7, 11) is 0. The van der Waals surface area contributed by atoms with E-state index in [9.17, 15) is 5.11 Å². The van der Waals surface area contributed by atoms with E-state index in [0.29, 0.717) is 0 Å². The fourth-order valence-corrected chi connectivity index (χ4v) is 2.59. The quantitative estimate of drug-likeness (QED) is 0.610. The van der Waals surface area contributed by atoms with Gasteiger partial charge in [-0.1, -0.05) is 18.2 Å². The number of rotatable bonds is 2. The molecule has 0 aliphatic rings. The second-order valence-electron chi connectivity index (χ2n) is 5.02. The van der Waals surface area contributed by atoms with Gasteiger partial charge < -0.3 is 5.11 Å². The maximum Gasteiger partial charge on any atom is 0.147 e. The molecule has 0 aliphatic heterocycles. The fraction of sp³-hybridized carbons (Fsp3) is 0. The molecule has 2 aromatic heterocycles. The normalized spacial score (nSPS) is 10.9. The van der Waals surface area contributed by atoms with Gasteiger partial charge in [0.25, 0.3) is 0 Å². The largest absolute Gasteiger partial charge is 0.508 e. The zero-order valence-corrected chi connectivity index (χ0v) is 11.7. The highest BCUT2D eigenvalue weighted by atomic mass is 16.3. The van der Waals surface area contributed by atoms with Crippen molar-refractivity contribution in [3.05, 3.63) is 73.1 Å². The monoisotopic (exact) mass is 287 g/mol. The molecule has 4 nitrogen and oxygen atoms in total. The number of aromatic hydroxyl groups is 1. The molecule has 0 aliphatic carbocycles. The van der Waals surface area contributed by atoms with Crippen molar-refractivity contribution >= 4 is 11.0 Å². The second kappa shape index (κ2) is 5.00. The molecule has 0 saturated carbocycles. The lowest BCUT2D eigenvalue weighted by atomic mass is 10.2. The first-order valence-electron chi connectivity index (χ1n) is 7.00. The summed E-state index contributed by atoms with van der Waals surface area (Å²) in [5.74, 6) is 1.03. The molecular formula is C18H13N3O. The highest BCUT2D eigenvalue weighted by Gasteiger charge is 2.14. The van der Waals surface area contributed by atoms with Crippen LogP contribution in [0.1, 0.15) is 0 Å². The Bertz CT molecular complexity index is 931. The SMILES string of the molecule is Oc1ccc2nc(-c3cccnc3)n(-c3ccccc3)c2c1. The molecule has 0 fully saturated rings. The van der Waals surface area contributed by atoms with Gasteiger partial charge in [-0.25, -0.2) is 4.98 Å². The van der Waals surface area contributed by atoms with Crippen LogP contribution in [-0.2, 0) is 0 Å². The molecule has 0 spiro atoms. The molecule has 4 rings (SSSR count). The van der Waals surface area contributed by atoms with Crippen molar-refractivity contribution in [1.82, 2.24) is 14.5 Å². The minimum atomic E-state index is 0.224. The standard InChI is InChI=1S/C18H13N3O/c22-15-8-9-16-17(11-15)21(14-6-2-1-3-7-14)18(20-16)13-5-4-10-19-12-13/h1-12,22H. The summed E-state index contributed by atoms with van der Waals surface area (Å²) in [5, 5.41) is 9.83. The summed E-state index contributed by atoms with van der Waals surface area (Å²) in [5.41, 5.74) is 3.63. The first-order valence-corrected chi connectivity index (χ1v) is 7.00. The van der Waals surface area contributed by atoms with E-state index in [0.717, 1.165) is 28.1 Å². The van der Waals surface area contributed by atoms with Gasteiger partial charge in [0, 0.05) is 29.7 Å². The molecule has 106 valence electrons. The molecule has 0 amide bonds. The molecule has 2 aromatic carbocycles. The second-order valence-corrected chi connectivity index (χ2v) is 5.02. The van der Waals surface area contributed by atoms with Crippen molar-refractivity contribution < 1.29 is 5.11 Å². The lowest BCUT2D eigenvalue weighted by Crippen LogP contribution is -1.97. The average molecular weight is 287 g/mol. The fourth-order valence-electron chi connectivity index (χ4n) is 2.59. The van der Waals surface area contributed by atoms with Crippen LogP contribution in [0.4, 0.5) is 0 Å². The summed E-state index contributed by atoms with van der Waals surface area (Å²) in [6.07, 6.45) is 3.53. The minimum absolute atomic E-state index is 0.224. The molecular weight excluding hydrogens is 274 g/mol. The van der Waals surface area contributed by atoms with Gasteiger partial charge in [0.2, 0.25) is 0 Å². The number of hydrogen-bond donors (Lipinski definition) is 1. The predicted molar refractivity (Wildman–Crippen MR) is 86.0 cm³/mol. The number of phenols is 1. The van der Waals surface area contributed by atoms with Crippen LogP contribution >= 0.6 is 0 Å². The molecule has 0 radical (unpaired) electrons. The molecule has 0 atom stereocenters. The van der Waals surface area contributed by atoms with Gasteiger partial charge in [0.1, 0.15) is 11.6 Å². The van der Waals surface area contributed by atoms with Gasteiger partial charge in [-0.2, -0.15) is 0 Å². The Balaban J connectivity index is 2.08. The van der Waals surface area contributed by atoms with E-state index >= 15 is 0 Å². The van der Waals surface area contributed by atoms with E-state index in [2.05, 4.69) is 4.98 Å². The predicted octanol–water partition coefficient (Wildman–Crippen LogP) is 3.79. The van der Waals surface area contributed by atoms with Crippen LogP contribution < -0.4 is 0 Å². The van der Waals surface area contributed by atoms with Crippen molar-refractivity contribution in [3.8, 4) is 22.8 Å². The highest BCUT2D eigenvalue weighted by molar-refractivity contribution is 5.84. The number of fused-ring (bicyclic) bond motifs is 1. The van der Waals surface area contributed by atoms with E-state index < -0.39 is 0 Å². The molecule has 2 heterocycles. The van der Waals surface area contributed by atoms with E-state index in [1.165, 1.54) is 0 Å². The van der Waals surface area contributed by atoms with Gasteiger partial charge >= 0.3 is 0 Å². The van der Waals surface area contributed by atoms with Gasteiger partial charge in [0.05, 0.1) is 11.0 Å². The third kappa shape index (κ3) is 2.02. The summed E-state index contributed by atoms with van der Waals surface area (Å²) >= 11 is 0. The van der Waals surface area contributed by atoms with Gasteiger partial charge in [-0.05, 0) is 36.4 Å². The maximum atomic E-state index is 9.83. The smallest absolute Gasteiger partial charge is 0.147 e. The van der Waals surface area contributed by atoms with Gasteiger partial charge in [-0.3, -0.25) is 9.55 Å². The lowest BCUT2D eigenvalue weighted by molar-refractivity contribution is 0.476. The van der Waals surface area contributed by atoms with E-state index in [1.807, 2.05) is 53.1 Å². The molecule has 22 heavy (non-hydrogen) atoms. The van der Waals surface area contributed by atoms with E-state index in [1.54, 1.807) is 24.5 Å². The number of phenolic OH excluding ortho intramolecular Hbond substituents is 1. The number of nitrogens with zero attached hydrogens (tertiary/aromatic N) is 3. The topological polar surface area (TPSA) is 50.9 Å². The van der Waals surface area contributed by atoms with Crippen LogP contribution in [0, 0.1) is 0 Å². The highest BCUT2D eigenvalue weighted by Crippen LogP contribution is 2.29. The van der Waals surface area contributed by atoms with Crippen LogP contribution in [0.15, 0.2) is 73.1 Å². The van der Waals surface area contributed by atoms with E-state index in [-0.39, 0.29) is 5.75 Å². The zero-order valence-electron chi connectivity index (χ0n) is 11.7. The Kier molecular flexibility index (Phi) is 2.86. The van der Waals surface area contributed by atoms with Gasteiger partial charge in [-0.15, -0.1) is 0 Å². The molecule has 4 heteroatoms. The number of benzene rings is 2. The van der Waals surface area contributed by atoms with Crippen molar-refractivity contribution in [1.29, 1.82) is 0 Å². The average Bonchev–Trinajstić information content (AvgIpc) is 2.95. The third-order valence-corrected chi connectivity index (χ3v) is 3.57. The van der Waals surface area contributed by atoms with Gasteiger partial charge in [0.15, 0.2) is 0 Å². The zero-order chi connectivity index (χ0) is 14.9. The Morgan fingerprint density at radius 2 is 1.77 bits per heavy atom. The maximum absolute atomic E-state index is 9.83. The summed E-state index contributed by atoms with van der Waals surface area (Å²) in [6.45, 7) is 0. The number of para-hydroxylation sites is 1. The minimum Gasteiger partial charge on any atom is -0.508 e. The first-order chi connectivity index (χ1) is 10.8. The number of imidazole rings is 1. The van der Waals surface area contributed by atoms with Crippen LogP contribution in [0.3, 0.4) is 0 Å². The van der Waals surface area contributed by atoms with Crippen LogP contribution in [0.5, 0.6) is 5.75 Å². The van der Waals surface area contributed by atoms with Crippen LogP contribution in [-0.4, -0.2) is 19.6 Å². The first kappa shape index (κ1) is 12.6. The number of aromatic nitrogens is 3. The van der Waals surface area contributed by atoms with E-state index in [4.69, 9.17) is 4.98 Å². The molecule has 1 N–H and O–H groups in total. The number of hydrogen-bond acceptors (Lipinski definition) is 3. The van der Waals surface area contributed by atoms with Crippen molar-refractivity contribution in [2.24, 2.45) is 0 Å². The molecule has 0 bridgehead atoms. The van der Waals surface area contributed by atoms with Crippen molar-refractivity contribution in [2.45, 2.75) is 0 Å². The van der Waals surface area contributed by atoms with Crippen molar-refractivity contribution in [3.63, 3.8) is 0 Å². The lowest BCUT2D eigenvalue weighted by Gasteiger charge is -2.09. The van der Waals surface area contributed by atoms with Crippen molar-refractivity contribution in [2.75, 3.05) is 0 Å². The Hall–Kier alpha value is -3.14. The van der Waals surface area contributed by atoms with Crippen LogP contribution in [0.25, 0.3) is 28.1 Å². The summed E-state index contributed by atoms with van der Waals surface area (Å²) in [4.78, 5) is 8.89. The Morgan fingerprint density at radius 1 is 0.909 bits per heavy atom. The molecule has 4 aromatic rings. The molecule has 0 unspecified atom stereocenters. The third-order valence-electron chi connectivity index (χ3n) is 3.57. The Morgan fingerprint density at radius 3 is 2.55 bits per heavy atom. The van der Waals surface area contributed by atoms with Crippen LogP contribution in [0.2, 0.25) is 0 Å². The number of pyridine rings is 1. The molecule has 0 saturated heterocycles. The Labute approximate surface area is 127 Å². The summed E-state index contributed by atoms with van der Waals surface area (Å²) < 4.78 is 2.03.